The van der Waals surface area contributed by atoms with E-state index in [0.717, 1.165) is 64.0 Å². The van der Waals surface area contributed by atoms with Crippen LogP contribution in [0.3, 0.4) is 0 Å². The molecule has 7 rings (SSSR count). The van der Waals surface area contributed by atoms with Gasteiger partial charge in [-0.3, -0.25) is 20.0 Å². The summed E-state index contributed by atoms with van der Waals surface area (Å²) in [6.45, 7) is 3.11. The number of pyridine rings is 3. The third-order valence-corrected chi connectivity index (χ3v) is 8.90. The maximum atomic E-state index is 14.6. The minimum atomic E-state index is -3.67. The summed E-state index contributed by atoms with van der Waals surface area (Å²) in [4.78, 5) is 19.5. The summed E-state index contributed by atoms with van der Waals surface area (Å²) in [6.07, 6.45) is 11.1. The first-order chi connectivity index (χ1) is 21.3. The van der Waals surface area contributed by atoms with Crippen LogP contribution >= 0.6 is 0 Å². The Hall–Kier alpha value is -4.52. The first-order valence-electron chi connectivity index (χ1n) is 14.6. The van der Waals surface area contributed by atoms with Gasteiger partial charge in [-0.25, -0.2) is 22.9 Å². The summed E-state index contributed by atoms with van der Waals surface area (Å²) < 4.78 is 37.6. The molecule has 0 radical (unpaired) electrons. The number of aryl methyl sites for hydroxylation is 1. The number of likely N-dealkylation sites (tertiary alicyclic amines) is 1. The van der Waals surface area contributed by atoms with Crippen LogP contribution in [0.5, 0.6) is 0 Å². The Morgan fingerprint density at radius 3 is 2.59 bits per heavy atom. The molecule has 1 aromatic carbocycles. The lowest BCUT2D eigenvalue weighted by molar-refractivity contribution is 0.220. The van der Waals surface area contributed by atoms with E-state index in [-0.39, 0.29) is 12.2 Å². The lowest BCUT2D eigenvalue weighted by Crippen LogP contribution is -2.29. The summed E-state index contributed by atoms with van der Waals surface area (Å²) >= 11 is 0. The molecule has 0 atom stereocenters. The SMILES string of the molecule is NS(=O)(=O)CCc1cc(F)cc(-c2ccnc3[nH]c(-c4n[nH]c5cnc(-c6cncc(CN7CCCCC7)c6)cc45)cc23)c1. The highest BCUT2D eigenvalue weighted by Crippen LogP contribution is 2.35. The fourth-order valence-corrected chi connectivity index (χ4v) is 6.51. The number of aromatic amines is 2. The fraction of sp³-hybridized carbons (Fsp3) is 0.250. The quantitative estimate of drug-likeness (QED) is 0.215. The van der Waals surface area contributed by atoms with E-state index < -0.39 is 15.8 Å². The van der Waals surface area contributed by atoms with Gasteiger partial charge >= 0.3 is 0 Å². The topological polar surface area (TPSA) is 147 Å². The van der Waals surface area contributed by atoms with Crippen LogP contribution in [-0.4, -0.2) is 62.3 Å². The minimum Gasteiger partial charge on any atom is -0.338 e. The molecule has 224 valence electrons. The number of fused-ring (bicyclic) bond motifs is 2. The third-order valence-electron chi connectivity index (χ3n) is 8.12. The predicted octanol–water partition coefficient (Wildman–Crippen LogP) is 5.19. The molecule has 6 aromatic rings. The van der Waals surface area contributed by atoms with Crippen molar-refractivity contribution >= 4 is 32.0 Å². The second-order valence-electron chi connectivity index (χ2n) is 11.4. The summed E-state index contributed by atoms with van der Waals surface area (Å²) in [7, 11) is -3.67. The standard InChI is InChI=1S/C32H31FN8O2S/c33-24-12-20(5-9-44(34,42)43)10-22(13-24)25-4-6-36-32-26(25)14-29(38-32)31-27-15-28(37-18-30(27)39-40-31)23-11-21(16-35-17-23)19-41-7-2-1-3-8-41/h4,6,10-18H,1-3,5,7-9,19H2,(H,36,38)(H,39,40)(H2,34,42,43). The number of sulfonamides is 1. The first-order valence-corrected chi connectivity index (χ1v) is 16.3. The van der Waals surface area contributed by atoms with Crippen molar-refractivity contribution in [2.75, 3.05) is 18.8 Å². The van der Waals surface area contributed by atoms with Gasteiger partial charge in [-0.05, 0) is 91.0 Å². The van der Waals surface area contributed by atoms with Gasteiger partial charge < -0.3 is 4.98 Å². The third kappa shape index (κ3) is 5.96. The van der Waals surface area contributed by atoms with Crippen molar-refractivity contribution in [1.29, 1.82) is 0 Å². The molecule has 10 nitrogen and oxygen atoms in total. The highest BCUT2D eigenvalue weighted by molar-refractivity contribution is 7.89. The van der Waals surface area contributed by atoms with Gasteiger partial charge in [-0.1, -0.05) is 12.5 Å². The van der Waals surface area contributed by atoms with Crippen LogP contribution in [0.4, 0.5) is 4.39 Å². The van der Waals surface area contributed by atoms with Crippen molar-refractivity contribution in [3.05, 3.63) is 84.2 Å². The average Bonchev–Trinajstić information content (AvgIpc) is 3.64. The van der Waals surface area contributed by atoms with Crippen LogP contribution in [0, 0.1) is 5.82 Å². The predicted molar refractivity (Wildman–Crippen MR) is 168 cm³/mol. The highest BCUT2D eigenvalue weighted by Gasteiger charge is 2.17. The van der Waals surface area contributed by atoms with E-state index in [1.54, 1.807) is 18.5 Å². The van der Waals surface area contributed by atoms with Crippen LogP contribution in [0.2, 0.25) is 0 Å². The maximum absolute atomic E-state index is 14.6. The number of hydrogen-bond donors (Lipinski definition) is 3. The second kappa shape index (κ2) is 11.5. The van der Waals surface area contributed by atoms with Gasteiger partial charge in [0.1, 0.15) is 17.2 Å². The van der Waals surface area contributed by atoms with E-state index in [1.165, 1.54) is 31.4 Å². The molecule has 0 bridgehead atoms. The van der Waals surface area contributed by atoms with Crippen LogP contribution in [0.25, 0.3) is 55.7 Å². The number of primary sulfonamides is 1. The summed E-state index contributed by atoms with van der Waals surface area (Å²) in [6, 6.07) is 12.5. The Morgan fingerprint density at radius 2 is 1.75 bits per heavy atom. The van der Waals surface area contributed by atoms with Crippen molar-refractivity contribution in [2.24, 2.45) is 5.14 Å². The molecule has 1 aliphatic heterocycles. The average molecular weight is 611 g/mol. The zero-order chi connectivity index (χ0) is 30.3. The number of hydrogen-bond acceptors (Lipinski definition) is 7. The zero-order valence-electron chi connectivity index (χ0n) is 23.9. The van der Waals surface area contributed by atoms with Crippen LogP contribution in [0.15, 0.2) is 67.3 Å². The number of nitrogens with one attached hydrogen (secondary N) is 2. The zero-order valence-corrected chi connectivity index (χ0v) is 24.7. The molecule has 0 saturated carbocycles. The fourth-order valence-electron chi connectivity index (χ4n) is 5.99. The van der Waals surface area contributed by atoms with Gasteiger partial charge in [0.05, 0.1) is 28.9 Å². The smallest absolute Gasteiger partial charge is 0.209 e. The number of benzene rings is 1. The lowest BCUT2D eigenvalue weighted by Gasteiger charge is -2.26. The van der Waals surface area contributed by atoms with Gasteiger partial charge in [0, 0.05) is 41.5 Å². The number of halogens is 1. The Morgan fingerprint density at radius 1 is 0.909 bits per heavy atom. The van der Waals surface area contributed by atoms with Crippen molar-refractivity contribution in [2.45, 2.75) is 32.2 Å². The largest absolute Gasteiger partial charge is 0.338 e. The lowest BCUT2D eigenvalue weighted by atomic mass is 10.00. The molecule has 44 heavy (non-hydrogen) atoms. The Balaban J connectivity index is 1.23. The summed E-state index contributed by atoms with van der Waals surface area (Å²) in [5.74, 6) is -0.724. The van der Waals surface area contributed by atoms with Gasteiger partial charge in [-0.2, -0.15) is 5.10 Å². The number of rotatable bonds is 8. The Labute approximate surface area is 253 Å². The van der Waals surface area contributed by atoms with E-state index in [1.807, 2.05) is 30.6 Å². The molecule has 12 heteroatoms. The molecule has 0 amide bonds. The second-order valence-corrected chi connectivity index (χ2v) is 13.1. The molecule has 4 N–H and O–H groups in total. The monoisotopic (exact) mass is 610 g/mol. The van der Waals surface area contributed by atoms with E-state index in [9.17, 15) is 12.8 Å². The Bertz CT molecular complexity index is 2100. The normalized spacial score (nSPS) is 14.5. The van der Waals surface area contributed by atoms with Crippen LogP contribution in [0.1, 0.15) is 30.4 Å². The first kappa shape index (κ1) is 28.3. The Kier molecular flexibility index (Phi) is 7.40. The van der Waals surface area contributed by atoms with Gasteiger partial charge in [0.15, 0.2) is 0 Å². The number of nitrogens with two attached hydrogens (primary N) is 1. The molecule has 1 saturated heterocycles. The molecule has 1 aliphatic rings. The molecule has 5 aromatic heterocycles. The molecule has 6 heterocycles. The van der Waals surface area contributed by atoms with Crippen molar-refractivity contribution in [1.82, 2.24) is 35.0 Å². The van der Waals surface area contributed by atoms with E-state index in [0.29, 0.717) is 22.5 Å². The number of piperidine rings is 1. The van der Waals surface area contributed by atoms with E-state index in [2.05, 4.69) is 41.1 Å². The van der Waals surface area contributed by atoms with Gasteiger partial charge in [-0.15, -0.1) is 0 Å². The molecule has 0 unspecified atom stereocenters. The minimum absolute atomic E-state index is 0.114. The summed E-state index contributed by atoms with van der Waals surface area (Å²) in [5.41, 5.74) is 7.68. The van der Waals surface area contributed by atoms with Crippen LogP contribution in [-0.2, 0) is 23.0 Å². The molecule has 1 fully saturated rings. The number of aromatic nitrogens is 6. The van der Waals surface area contributed by atoms with Gasteiger partial charge in [0.25, 0.3) is 0 Å². The van der Waals surface area contributed by atoms with Gasteiger partial charge in [0.2, 0.25) is 10.0 Å². The van der Waals surface area contributed by atoms with Crippen molar-refractivity contribution in [3.8, 4) is 33.8 Å². The van der Waals surface area contributed by atoms with Crippen LogP contribution < -0.4 is 5.14 Å². The highest BCUT2D eigenvalue weighted by atomic mass is 32.2. The number of nitrogens with zero attached hydrogens (tertiary/aromatic N) is 5. The molecule has 0 spiro atoms. The maximum Gasteiger partial charge on any atom is 0.209 e. The van der Waals surface area contributed by atoms with E-state index in [4.69, 9.17) is 5.14 Å². The number of H-pyrrole nitrogens is 2. The molecular formula is C32H31FN8O2S. The summed E-state index contributed by atoms with van der Waals surface area (Å²) in [5, 5.41) is 14.5. The van der Waals surface area contributed by atoms with Crippen molar-refractivity contribution in [3.63, 3.8) is 0 Å². The molecular weight excluding hydrogens is 579 g/mol. The van der Waals surface area contributed by atoms with Crippen molar-refractivity contribution < 1.29 is 12.8 Å². The van der Waals surface area contributed by atoms with E-state index >= 15 is 0 Å². The molecule has 0 aliphatic carbocycles.